The van der Waals surface area contributed by atoms with E-state index in [0.717, 1.165) is 51.9 Å². The van der Waals surface area contributed by atoms with Crippen LogP contribution in [0.4, 0.5) is 0 Å². The third-order valence-electron chi connectivity index (χ3n) is 5.25. The lowest BCUT2D eigenvalue weighted by Crippen LogP contribution is -2.20. The Labute approximate surface area is 196 Å². The van der Waals surface area contributed by atoms with E-state index in [9.17, 15) is 4.79 Å². The second-order valence-corrected chi connectivity index (χ2v) is 7.41. The number of aliphatic hydroxyl groups is 2. The molecular formula is C23H39N5O5. The Morgan fingerprint density at radius 3 is 2.52 bits per heavy atom. The van der Waals surface area contributed by atoms with Gasteiger partial charge in [-0.3, -0.25) is 10.2 Å². The number of aromatic amines is 1. The first kappa shape index (κ1) is 30.3. The number of aliphatic imine (C=N–C) groups is 1. The average Bonchev–Trinajstić information content (AvgIpc) is 3.52. The number of hydrogen-bond donors (Lipinski definition) is 5. The fraction of sp³-hybridized carbons (Fsp3) is 0.652. The van der Waals surface area contributed by atoms with E-state index in [2.05, 4.69) is 9.98 Å². The van der Waals surface area contributed by atoms with Gasteiger partial charge in [0.2, 0.25) is 0 Å². The third-order valence-corrected chi connectivity index (χ3v) is 5.25. The fourth-order valence-corrected chi connectivity index (χ4v) is 3.82. The summed E-state index contributed by atoms with van der Waals surface area (Å²) < 4.78 is 11.5. The monoisotopic (exact) mass is 465 g/mol. The van der Waals surface area contributed by atoms with Gasteiger partial charge in [0.1, 0.15) is 18.8 Å². The van der Waals surface area contributed by atoms with Crippen LogP contribution < -0.4 is 5.73 Å². The molecule has 0 aromatic carbocycles. The molecule has 2 unspecified atom stereocenters. The van der Waals surface area contributed by atoms with Crippen molar-refractivity contribution in [2.45, 2.75) is 70.5 Å². The maximum Gasteiger partial charge on any atom is 0.306 e. The first-order valence-corrected chi connectivity index (χ1v) is 11.1. The molecule has 0 amide bonds. The van der Waals surface area contributed by atoms with Gasteiger partial charge in [-0.25, -0.2) is 4.99 Å². The molecule has 6 N–H and O–H groups in total. The Balaban J connectivity index is 0.00000132. The Morgan fingerprint density at radius 1 is 1.27 bits per heavy atom. The largest absolute Gasteiger partial charge is 0.463 e. The van der Waals surface area contributed by atoms with Gasteiger partial charge >= 0.3 is 5.97 Å². The molecule has 33 heavy (non-hydrogen) atoms. The van der Waals surface area contributed by atoms with Crippen LogP contribution in [0.3, 0.4) is 0 Å². The Hall–Kier alpha value is -2.74. The van der Waals surface area contributed by atoms with Gasteiger partial charge < -0.3 is 30.4 Å². The molecule has 2 fully saturated rings. The van der Waals surface area contributed by atoms with Gasteiger partial charge in [0.05, 0.1) is 24.0 Å². The van der Waals surface area contributed by atoms with Crippen molar-refractivity contribution in [1.82, 2.24) is 4.98 Å². The molecule has 0 bridgehead atoms. The van der Waals surface area contributed by atoms with Crippen LogP contribution in [0.1, 0.15) is 75.8 Å². The van der Waals surface area contributed by atoms with Gasteiger partial charge in [0.15, 0.2) is 0 Å². The molecule has 10 heteroatoms. The highest BCUT2D eigenvalue weighted by Crippen LogP contribution is 2.32. The molecule has 2 atom stereocenters. The number of aromatic nitrogens is 1. The predicted octanol–water partition coefficient (Wildman–Crippen LogP) is 2.81. The molecular weight excluding hydrogens is 426 g/mol. The molecule has 1 aromatic rings. The summed E-state index contributed by atoms with van der Waals surface area (Å²) in [5.74, 6) is 0.679. The lowest BCUT2D eigenvalue weighted by atomic mass is 9.87. The topological polar surface area (TPSA) is 178 Å². The second kappa shape index (κ2) is 18.8. The number of nitrogens with two attached hydrogens (primary N) is 1. The van der Waals surface area contributed by atoms with E-state index >= 15 is 0 Å². The minimum Gasteiger partial charge on any atom is -0.463 e. The Kier molecular flexibility index (Phi) is 17.2. The molecule has 10 nitrogen and oxygen atoms in total. The van der Waals surface area contributed by atoms with Crippen LogP contribution in [0.25, 0.3) is 0 Å². The summed E-state index contributed by atoms with van der Waals surface area (Å²) in [6.07, 6.45) is 9.13. The number of H-pyrrole nitrogens is 1. The number of ether oxygens (including phenoxy) is 2. The van der Waals surface area contributed by atoms with Crippen molar-refractivity contribution in [3.05, 3.63) is 23.5 Å². The molecule has 3 rings (SSSR count). The van der Waals surface area contributed by atoms with E-state index in [0.29, 0.717) is 24.6 Å². The molecule has 0 radical (unpaired) electrons. The van der Waals surface area contributed by atoms with Crippen molar-refractivity contribution in [3.8, 4) is 6.07 Å². The van der Waals surface area contributed by atoms with Gasteiger partial charge in [-0.05, 0) is 43.7 Å². The van der Waals surface area contributed by atoms with Gasteiger partial charge in [-0.1, -0.05) is 19.3 Å². The summed E-state index contributed by atoms with van der Waals surface area (Å²) in [7, 11) is 2.00. The van der Waals surface area contributed by atoms with E-state index < -0.39 is 0 Å². The van der Waals surface area contributed by atoms with Crippen molar-refractivity contribution in [1.29, 1.82) is 10.7 Å². The zero-order valence-electron chi connectivity index (χ0n) is 19.9. The molecule has 2 aliphatic rings. The standard InChI is InChI=1S/C19H28N4O3.C2H3N.2CH4O/c20-12-22-19(21)16-8-7-15(23-16)17-9-6-14(26-17)11-25-18(24)10-13-4-2-1-3-5-13;1-2-3;2*1-2/h7-8,12-14,17,23H,1-6,9-11H2,(H3,20,21,22);1H3;2*2H,1H3. The minimum absolute atomic E-state index is 0.0569. The van der Waals surface area contributed by atoms with Crippen LogP contribution in [-0.2, 0) is 14.3 Å². The summed E-state index contributed by atoms with van der Waals surface area (Å²) in [5.41, 5.74) is 7.38. The first-order chi connectivity index (χ1) is 16.1. The van der Waals surface area contributed by atoms with E-state index in [4.69, 9.17) is 36.1 Å². The number of nitriles is 1. The zero-order valence-corrected chi connectivity index (χ0v) is 19.9. The molecule has 1 saturated carbocycles. The molecule has 1 aromatic heterocycles. The number of amidine groups is 1. The smallest absolute Gasteiger partial charge is 0.306 e. The number of hydrogen-bond acceptors (Lipinski definition) is 7. The van der Waals surface area contributed by atoms with Crippen molar-refractivity contribution >= 4 is 18.1 Å². The molecule has 1 aliphatic carbocycles. The van der Waals surface area contributed by atoms with Crippen LogP contribution >= 0.6 is 0 Å². The fourth-order valence-electron chi connectivity index (χ4n) is 3.82. The molecule has 1 saturated heterocycles. The number of nitrogens with zero attached hydrogens (tertiary/aromatic N) is 2. The number of rotatable bonds is 7. The molecule has 186 valence electrons. The number of carbonyl (C=O) groups is 1. The molecule has 1 aliphatic heterocycles. The average molecular weight is 466 g/mol. The molecule has 2 heterocycles. The Morgan fingerprint density at radius 2 is 1.91 bits per heavy atom. The quantitative estimate of drug-likeness (QED) is 0.233. The lowest BCUT2D eigenvalue weighted by molar-refractivity contribution is -0.149. The Bertz CT molecular complexity index is 738. The van der Waals surface area contributed by atoms with Crippen LogP contribution in [0.2, 0.25) is 0 Å². The minimum atomic E-state index is -0.0956. The van der Waals surface area contributed by atoms with Gasteiger partial charge in [-0.2, -0.15) is 5.26 Å². The summed E-state index contributed by atoms with van der Waals surface area (Å²) in [6.45, 7) is 1.76. The van der Waals surface area contributed by atoms with Crippen LogP contribution in [0.15, 0.2) is 17.1 Å². The van der Waals surface area contributed by atoms with E-state index in [-0.39, 0.29) is 24.0 Å². The van der Waals surface area contributed by atoms with Crippen LogP contribution in [0, 0.1) is 22.7 Å². The number of aliphatic hydroxyl groups excluding tert-OH is 2. The van der Waals surface area contributed by atoms with Crippen LogP contribution in [-0.4, -0.2) is 60.3 Å². The third kappa shape index (κ3) is 11.6. The van der Waals surface area contributed by atoms with Gasteiger partial charge in [0, 0.05) is 33.3 Å². The molecule has 0 spiro atoms. The predicted molar refractivity (Wildman–Crippen MR) is 127 cm³/mol. The number of carbonyl (C=O) groups excluding carboxylic acids is 1. The van der Waals surface area contributed by atoms with E-state index in [1.807, 2.05) is 12.1 Å². The van der Waals surface area contributed by atoms with E-state index in [1.54, 1.807) is 6.07 Å². The summed E-state index contributed by atoms with van der Waals surface area (Å²) in [5, 5.41) is 28.3. The highest BCUT2D eigenvalue weighted by Gasteiger charge is 2.29. The summed E-state index contributed by atoms with van der Waals surface area (Å²) in [6, 6.07) is 5.50. The lowest BCUT2D eigenvalue weighted by Gasteiger charge is -2.21. The highest BCUT2D eigenvalue weighted by molar-refractivity contribution is 5.99. The normalized spacial score (nSPS) is 19.9. The SMILES string of the molecule is CC#N.CO.CO.N=CN=C(N)c1ccc(C2CCC(COC(=O)CC3CCCCC3)O2)[nH]1. The highest BCUT2D eigenvalue weighted by atomic mass is 16.6. The van der Waals surface area contributed by atoms with Gasteiger partial charge in [-0.15, -0.1) is 0 Å². The maximum atomic E-state index is 12.0. The first-order valence-electron chi connectivity index (χ1n) is 11.1. The summed E-state index contributed by atoms with van der Waals surface area (Å²) in [4.78, 5) is 19.0. The maximum absolute atomic E-state index is 12.0. The van der Waals surface area contributed by atoms with Crippen molar-refractivity contribution < 1.29 is 24.5 Å². The zero-order chi connectivity index (χ0) is 25.1. The number of nitrogens with one attached hydrogen (secondary N) is 2. The second-order valence-electron chi connectivity index (χ2n) is 7.41. The van der Waals surface area contributed by atoms with Crippen molar-refractivity contribution in [2.24, 2.45) is 16.6 Å². The number of esters is 1. The van der Waals surface area contributed by atoms with E-state index in [1.165, 1.54) is 26.2 Å². The van der Waals surface area contributed by atoms with Crippen molar-refractivity contribution in [3.63, 3.8) is 0 Å². The summed E-state index contributed by atoms with van der Waals surface area (Å²) >= 11 is 0. The van der Waals surface area contributed by atoms with Crippen LogP contribution in [0.5, 0.6) is 0 Å². The van der Waals surface area contributed by atoms with Crippen molar-refractivity contribution in [2.75, 3.05) is 20.8 Å². The van der Waals surface area contributed by atoms with Gasteiger partial charge in [0.25, 0.3) is 0 Å².